The number of aliphatic hydroxyl groups excluding tert-OH is 1. The second kappa shape index (κ2) is 9.60. The fraction of sp³-hybridized carbons (Fsp3) is 0.765. The smallest absolute Gasteiger partial charge is 0.430 e. The van der Waals surface area contributed by atoms with Crippen molar-refractivity contribution < 1.29 is 42.5 Å². The summed E-state index contributed by atoms with van der Waals surface area (Å²) < 4.78 is 51.0. The molecule has 0 aromatic rings. The van der Waals surface area contributed by atoms with Gasteiger partial charge in [0.1, 0.15) is 12.3 Å². The van der Waals surface area contributed by atoms with E-state index in [0.29, 0.717) is 12.3 Å². The van der Waals surface area contributed by atoms with Crippen molar-refractivity contribution in [2.24, 2.45) is 45.3 Å². The Labute approximate surface area is 257 Å². The summed E-state index contributed by atoms with van der Waals surface area (Å²) in [6, 6.07) is 0. The third-order valence-corrected chi connectivity index (χ3v) is 13.9. The first-order chi connectivity index (χ1) is 20.4. The number of fused-ring (bicyclic) bond motifs is 7. The largest absolute Gasteiger partial charge is 0.509 e. The summed E-state index contributed by atoms with van der Waals surface area (Å²) in [5, 5.41) is 11.7. The Morgan fingerprint density at radius 2 is 1.82 bits per heavy atom. The van der Waals surface area contributed by atoms with Gasteiger partial charge in [-0.25, -0.2) is 24.9 Å². The molecule has 0 aliphatic heterocycles. The van der Waals surface area contributed by atoms with Crippen LogP contribution in [0.25, 0.3) is 4.85 Å². The highest BCUT2D eigenvalue weighted by Gasteiger charge is 2.79. The predicted octanol–water partition coefficient (Wildman–Crippen LogP) is 6.08. The average Bonchev–Trinajstić information content (AvgIpc) is 3.39. The third kappa shape index (κ3) is 3.59. The lowest BCUT2D eigenvalue weighted by Crippen LogP contribution is -2.71. The van der Waals surface area contributed by atoms with Gasteiger partial charge in [-0.1, -0.05) is 40.7 Å². The summed E-state index contributed by atoms with van der Waals surface area (Å²) >= 11 is 0. The van der Waals surface area contributed by atoms with Gasteiger partial charge in [-0.2, -0.15) is 0 Å². The molecule has 0 amide bonds. The number of nitrogens with zero attached hydrogens (tertiary/aromatic N) is 1. The van der Waals surface area contributed by atoms with Crippen LogP contribution in [0.4, 0.5) is 13.6 Å². The number of ketones is 1. The van der Waals surface area contributed by atoms with Gasteiger partial charge in [0, 0.05) is 28.1 Å². The molecule has 5 saturated carbocycles. The van der Waals surface area contributed by atoms with E-state index in [9.17, 15) is 19.5 Å². The van der Waals surface area contributed by atoms with Crippen molar-refractivity contribution in [1.82, 2.24) is 0 Å². The average molecular weight is 616 g/mol. The molecule has 10 heteroatoms. The summed E-state index contributed by atoms with van der Waals surface area (Å²) in [5.41, 5.74) is -7.67. The molecular weight excluding hydrogens is 572 g/mol. The molecule has 6 aliphatic rings. The quantitative estimate of drug-likeness (QED) is 0.302. The fourth-order valence-electron chi connectivity index (χ4n) is 11.0. The lowest BCUT2D eigenvalue weighted by Gasteiger charge is -2.62. The summed E-state index contributed by atoms with van der Waals surface area (Å²) in [4.78, 5) is 43.0. The first kappa shape index (κ1) is 31.2. The van der Waals surface area contributed by atoms with E-state index in [1.165, 1.54) is 19.1 Å². The van der Waals surface area contributed by atoms with Gasteiger partial charge >= 0.3 is 18.9 Å². The van der Waals surface area contributed by atoms with Crippen molar-refractivity contribution in [2.45, 2.75) is 110 Å². The lowest BCUT2D eigenvalue weighted by atomic mass is 9.44. The van der Waals surface area contributed by atoms with Gasteiger partial charge in [0.15, 0.2) is 11.5 Å². The molecule has 0 unspecified atom stereocenters. The molecule has 0 spiro atoms. The number of carbonyl (C=O) groups is 3. The standard InChI is InChI=1S/C34H43F2NO7/c1-18-12-21-22-15-24(35)23-14-20(38)9-11-30(23,4)33(22,36)25(39)16-32(21,6)34(18,27(40)42-17-37-7)44-28(41)43-26-13-19-8-10-31(26,5)29(19,2)3/h9,11,14,18-19,21-22,24-26,39H,8,10,12-13,15-17H2,1-6H3/t18-,19-,21+,22+,24+,25+,26-,30+,31+,32+,33+,34+/m1/s1. The van der Waals surface area contributed by atoms with E-state index in [4.69, 9.17) is 20.8 Å². The Morgan fingerprint density at radius 3 is 2.43 bits per heavy atom. The molecular formula is C34H43F2NO7. The van der Waals surface area contributed by atoms with Crippen LogP contribution in [0, 0.1) is 51.9 Å². The van der Waals surface area contributed by atoms with E-state index < -0.39 is 82.9 Å². The topological polar surface area (TPSA) is 103 Å². The van der Waals surface area contributed by atoms with Crippen molar-refractivity contribution >= 4 is 17.9 Å². The number of rotatable bonds is 4. The molecule has 44 heavy (non-hydrogen) atoms. The van der Waals surface area contributed by atoms with Crippen LogP contribution in [0.3, 0.4) is 0 Å². The number of hydrogen-bond acceptors (Lipinski definition) is 7. The normalized spacial score (nSPS) is 49.7. The highest BCUT2D eigenvalue weighted by molar-refractivity contribution is 6.01. The molecule has 8 nitrogen and oxygen atoms in total. The summed E-state index contributed by atoms with van der Waals surface area (Å²) in [5.74, 6) is -3.52. The maximum Gasteiger partial charge on any atom is 0.509 e. The Hall–Kier alpha value is -2.80. The lowest BCUT2D eigenvalue weighted by molar-refractivity contribution is -0.234. The third-order valence-electron chi connectivity index (χ3n) is 13.9. The SMILES string of the molecule is [C-]#[N+]COC(=O)[C@@]1(OC(=O)O[C@@H]2C[C@H]3CC[C@]2(C)C3(C)C)[C@H](C)C[C@H]2[C@@H]3C[C@H](F)C4=CC(=O)C=C[C@]4(C)[C@@]3(F)[C@@H](O)C[C@@]21C. The summed E-state index contributed by atoms with van der Waals surface area (Å²) in [7, 11) is 0. The van der Waals surface area contributed by atoms with Crippen LogP contribution in [0.15, 0.2) is 23.8 Å². The van der Waals surface area contributed by atoms with Crippen LogP contribution >= 0.6 is 0 Å². The van der Waals surface area contributed by atoms with Crippen LogP contribution in [0.1, 0.15) is 80.1 Å². The molecule has 0 heterocycles. The van der Waals surface area contributed by atoms with Crippen LogP contribution in [-0.4, -0.2) is 59.4 Å². The Morgan fingerprint density at radius 1 is 1.11 bits per heavy atom. The van der Waals surface area contributed by atoms with Crippen LogP contribution in [0.5, 0.6) is 0 Å². The minimum Gasteiger partial charge on any atom is -0.430 e. The Balaban J connectivity index is 1.38. The first-order valence-corrected chi connectivity index (χ1v) is 15.8. The number of aliphatic hydroxyl groups is 1. The molecule has 0 radical (unpaired) electrons. The van der Waals surface area contributed by atoms with E-state index in [0.717, 1.165) is 18.9 Å². The van der Waals surface area contributed by atoms with Crippen molar-refractivity contribution in [1.29, 1.82) is 0 Å². The second-order valence-electron chi connectivity index (χ2n) is 15.5. The predicted molar refractivity (Wildman–Crippen MR) is 154 cm³/mol. The number of carbonyl (C=O) groups excluding carboxylic acids is 3. The van der Waals surface area contributed by atoms with E-state index in [1.54, 1.807) is 13.8 Å². The molecule has 2 bridgehead atoms. The second-order valence-corrected chi connectivity index (χ2v) is 15.5. The van der Waals surface area contributed by atoms with Crippen LogP contribution < -0.4 is 0 Å². The van der Waals surface area contributed by atoms with Gasteiger partial charge < -0.3 is 19.3 Å². The zero-order chi connectivity index (χ0) is 32.3. The van der Waals surface area contributed by atoms with Crippen LogP contribution in [0.2, 0.25) is 0 Å². The van der Waals surface area contributed by atoms with Crippen molar-refractivity contribution in [3.63, 3.8) is 0 Å². The van der Waals surface area contributed by atoms with Gasteiger partial charge in [0.25, 0.3) is 0 Å². The Kier molecular flexibility index (Phi) is 6.81. The van der Waals surface area contributed by atoms with E-state index in [1.807, 2.05) is 0 Å². The molecule has 0 aromatic carbocycles. The molecule has 0 saturated heterocycles. The molecule has 240 valence electrons. The van der Waals surface area contributed by atoms with Crippen molar-refractivity contribution in [3.05, 3.63) is 35.2 Å². The first-order valence-electron chi connectivity index (χ1n) is 15.8. The maximum absolute atomic E-state index is 17.6. The van der Waals surface area contributed by atoms with E-state index in [2.05, 4.69) is 25.6 Å². The van der Waals surface area contributed by atoms with Crippen molar-refractivity contribution in [2.75, 3.05) is 6.73 Å². The number of alkyl halides is 2. The summed E-state index contributed by atoms with van der Waals surface area (Å²) in [6.45, 7) is 17.9. The number of halogens is 2. The van der Waals surface area contributed by atoms with Crippen LogP contribution in [-0.2, 0) is 23.8 Å². The summed E-state index contributed by atoms with van der Waals surface area (Å²) in [6.07, 6.45) is 1.07. The fourth-order valence-corrected chi connectivity index (χ4v) is 11.0. The van der Waals surface area contributed by atoms with E-state index >= 15 is 8.78 Å². The minimum absolute atomic E-state index is 0.00212. The molecule has 5 fully saturated rings. The highest BCUT2D eigenvalue weighted by atomic mass is 19.1. The monoisotopic (exact) mass is 615 g/mol. The minimum atomic E-state index is -2.36. The number of hydrogen-bond donors (Lipinski definition) is 1. The maximum atomic E-state index is 17.6. The van der Waals surface area contributed by atoms with Gasteiger partial charge in [-0.15, -0.1) is 0 Å². The molecule has 0 aromatic heterocycles. The number of esters is 1. The molecule has 1 N–H and O–H groups in total. The number of allylic oxidation sites excluding steroid dienone is 4. The zero-order valence-electron chi connectivity index (χ0n) is 26.3. The molecule has 12 atom stereocenters. The number of ether oxygens (including phenoxy) is 3. The highest BCUT2D eigenvalue weighted by Crippen LogP contribution is 2.72. The molecule has 6 aliphatic carbocycles. The van der Waals surface area contributed by atoms with E-state index in [-0.39, 0.29) is 35.7 Å². The zero-order valence-corrected chi connectivity index (χ0v) is 26.3. The van der Waals surface area contributed by atoms with Gasteiger partial charge in [-0.3, -0.25) is 9.64 Å². The van der Waals surface area contributed by atoms with Gasteiger partial charge in [-0.05, 0) is 80.4 Å². The molecule has 6 rings (SSSR count). The van der Waals surface area contributed by atoms with Gasteiger partial charge in [0.05, 0.1) is 6.10 Å². The Bertz CT molecular complexity index is 1400. The van der Waals surface area contributed by atoms with Crippen molar-refractivity contribution in [3.8, 4) is 0 Å². The van der Waals surface area contributed by atoms with Gasteiger partial charge in [0.2, 0.25) is 5.60 Å².